The van der Waals surface area contributed by atoms with Gasteiger partial charge in [0, 0.05) is 24.0 Å². The Kier molecular flexibility index (Phi) is 6.96. The second-order valence-electron chi connectivity index (χ2n) is 9.38. The third-order valence-electron chi connectivity index (χ3n) is 7.05. The minimum Gasteiger partial charge on any atom is -0.508 e. The van der Waals surface area contributed by atoms with Crippen LogP contribution in [0.2, 0.25) is 0 Å². The van der Waals surface area contributed by atoms with Gasteiger partial charge in [0.2, 0.25) is 0 Å². The van der Waals surface area contributed by atoms with Gasteiger partial charge >= 0.3 is 0 Å². The van der Waals surface area contributed by atoms with E-state index >= 15 is 0 Å². The molecule has 0 atom stereocenters. The third-order valence-corrected chi connectivity index (χ3v) is 7.05. The molecule has 5 heteroatoms. The van der Waals surface area contributed by atoms with Crippen LogP contribution in [0.3, 0.4) is 0 Å². The van der Waals surface area contributed by atoms with Gasteiger partial charge in [0.1, 0.15) is 23.9 Å². The van der Waals surface area contributed by atoms with Crippen molar-refractivity contribution in [3.63, 3.8) is 0 Å². The molecule has 5 nitrogen and oxygen atoms in total. The fourth-order valence-electron chi connectivity index (χ4n) is 5.14. The lowest BCUT2D eigenvalue weighted by molar-refractivity contribution is 0.183. The van der Waals surface area contributed by atoms with Gasteiger partial charge in [-0.2, -0.15) is 0 Å². The van der Waals surface area contributed by atoms with E-state index in [1.807, 2.05) is 24.3 Å². The van der Waals surface area contributed by atoms with Crippen LogP contribution in [0.5, 0.6) is 17.2 Å². The molecule has 5 rings (SSSR count). The molecule has 0 spiro atoms. The third kappa shape index (κ3) is 5.15. The number of nitrogens with zero attached hydrogens (tertiary/aromatic N) is 2. The molecular formula is C30H34N2O3. The predicted octanol–water partition coefficient (Wildman–Crippen LogP) is 6.24. The van der Waals surface area contributed by atoms with Crippen molar-refractivity contribution in [1.29, 1.82) is 0 Å². The van der Waals surface area contributed by atoms with E-state index in [4.69, 9.17) is 9.47 Å². The first-order chi connectivity index (χ1) is 17.1. The number of piperidine rings is 1. The maximum absolute atomic E-state index is 10.1. The zero-order valence-corrected chi connectivity index (χ0v) is 20.7. The van der Waals surface area contributed by atoms with E-state index < -0.39 is 0 Å². The van der Waals surface area contributed by atoms with Gasteiger partial charge in [0.05, 0.1) is 12.8 Å². The molecule has 1 aromatic heterocycles. The Balaban J connectivity index is 1.38. The number of aromatic hydroxyl groups is 1. The summed E-state index contributed by atoms with van der Waals surface area (Å²) in [5.41, 5.74) is 5.73. The summed E-state index contributed by atoms with van der Waals surface area (Å²) in [6, 6.07) is 22.2. The number of likely N-dealkylation sites (tertiary alicyclic amines) is 1. The molecule has 2 heterocycles. The van der Waals surface area contributed by atoms with Crippen LogP contribution in [0.1, 0.15) is 30.4 Å². The molecule has 35 heavy (non-hydrogen) atoms. The van der Waals surface area contributed by atoms with Crippen LogP contribution in [0.25, 0.3) is 22.2 Å². The number of benzene rings is 3. The van der Waals surface area contributed by atoms with Crippen LogP contribution in [-0.4, -0.2) is 47.9 Å². The van der Waals surface area contributed by atoms with Gasteiger partial charge < -0.3 is 19.1 Å². The van der Waals surface area contributed by atoms with Crippen molar-refractivity contribution in [1.82, 2.24) is 9.47 Å². The molecule has 1 N–H and O–H groups in total. The highest BCUT2D eigenvalue weighted by molar-refractivity contribution is 5.92. The smallest absolute Gasteiger partial charge is 0.119 e. The van der Waals surface area contributed by atoms with Crippen molar-refractivity contribution in [2.75, 3.05) is 33.4 Å². The second kappa shape index (κ2) is 10.4. The fraction of sp³-hybridized carbons (Fsp3) is 0.333. The molecule has 1 aliphatic rings. The fourth-order valence-corrected chi connectivity index (χ4v) is 5.14. The highest BCUT2D eigenvalue weighted by Crippen LogP contribution is 2.36. The normalized spacial score (nSPS) is 14.3. The molecule has 1 saturated heterocycles. The summed E-state index contributed by atoms with van der Waals surface area (Å²) in [5.74, 6) is 2.03. The average Bonchev–Trinajstić information content (AvgIpc) is 3.16. The molecule has 0 amide bonds. The molecule has 0 unspecified atom stereocenters. The lowest BCUT2D eigenvalue weighted by atomic mass is 10.1. The minimum atomic E-state index is 0.282. The van der Waals surface area contributed by atoms with Crippen LogP contribution in [0, 0.1) is 6.92 Å². The average molecular weight is 471 g/mol. The van der Waals surface area contributed by atoms with E-state index in [9.17, 15) is 5.11 Å². The summed E-state index contributed by atoms with van der Waals surface area (Å²) in [7, 11) is 1.68. The SMILES string of the molecule is COc1ccc(-c2c(C)c3cc(O)ccc3n2Cc2ccc(OCCN3CCCCC3)cc2)cc1. The number of hydrogen-bond acceptors (Lipinski definition) is 4. The standard InChI is InChI=1S/C30H34N2O3/c1-22-28-20-25(33)10-15-29(28)32(30(22)24-8-13-26(34-2)14-9-24)21-23-6-11-27(12-7-23)35-19-18-31-16-4-3-5-17-31/h6-15,20,33H,3-5,16-19,21H2,1-2H3. The molecule has 4 aromatic rings. The van der Waals surface area contributed by atoms with Crippen molar-refractivity contribution in [3.05, 3.63) is 77.9 Å². The van der Waals surface area contributed by atoms with E-state index in [1.165, 1.54) is 37.9 Å². The molecule has 0 bridgehead atoms. The molecular weight excluding hydrogens is 436 g/mol. The Labute approximate surface area is 207 Å². The molecule has 1 fully saturated rings. The quantitative estimate of drug-likeness (QED) is 0.331. The van der Waals surface area contributed by atoms with Gasteiger partial charge in [-0.25, -0.2) is 0 Å². The van der Waals surface area contributed by atoms with Gasteiger partial charge in [0.25, 0.3) is 0 Å². The van der Waals surface area contributed by atoms with Gasteiger partial charge in [-0.05, 0) is 104 Å². The number of fused-ring (bicyclic) bond motifs is 1. The minimum absolute atomic E-state index is 0.282. The van der Waals surface area contributed by atoms with E-state index in [2.05, 4.69) is 52.8 Å². The van der Waals surface area contributed by atoms with Crippen LogP contribution >= 0.6 is 0 Å². The predicted molar refractivity (Wildman–Crippen MR) is 142 cm³/mol. The molecule has 0 aliphatic carbocycles. The monoisotopic (exact) mass is 470 g/mol. The van der Waals surface area contributed by atoms with Crippen molar-refractivity contribution in [2.45, 2.75) is 32.7 Å². The molecule has 0 saturated carbocycles. The Morgan fingerprint density at radius 3 is 2.29 bits per heavy atom. The van der Waals surface area contributed by atoms with Crippen LogP contribution < -0.4 is 9.47 Å². The Bertz CT molecular complexity index is 1270. The van der Waals surface area contributed by atoms with Gasteiger partial charge in [-0.15, -0.1) is 0 Å². The van der Waals surface area contributed by atoms with Crippen molar-refractivity contribution < 1.29 is 14.6 Å². The van der Waals surface area contributed by atoms with E-state index in [0.717, 1.165) is 58.9 Å². The van der Waals surface area contributed by atoms with Crippen LogP contribution in [-0.2, 0) is 6.54 Å². The van der Waals surface area contributed by atoms with Crippen LogP contribution in [0.15, 0.2) is 66.7 Å². The van der Waals surface area contributed by atoms with Gasteiger partial charge in [-0.3, -0.25) is 4.90 Å². The highest BCUT2D eigenvalue weighted by Gasteiger charge is 2.17. The summed E-state index contributed by atoms with van der Waals surface area (Å²) in [5, 5.41) is 11.2. The van der Waals surface area contributed by atoms with Gasteiger partial charge in [0.15, 0.2) is 0 Å². The number of rotatable bonds is 8. The first-order valence-corrected chi connectivity index (χ1v) is 12.5. The molecule has 3 aromatic carbocycles. The molecule has 0 radical (unpaired) electrons. The zero-order chi connectivity index (χ0) is 24.2. The largest absolute Gasteiger partial charge is 0.508 e. The summed E-state index contributed by atoms with van der Waals surface area (Å²) in [4.78, 5) is 2.50. The number of hydrogen-bond donors (Lipinski definition) is 1. The van der Waals surface area contributed by atoms with Crippen molar-refractivity contribution in [3.8, 4) is 28.5 Å². The Morgan fingerprint density at radius 1 is 0.857 bits per heavy atom. The Morgan fingerprint density at radius 2 is 1.57 bits per heavy atom. The molecule has 1 aliphatic heterocycles. The number of aryl methyl sites for hydroxylation is 1. The maximum atomic E-state index is 10.1. The number of aromatic nitrogens is 1. The summed E-state index contributed by atoms with van der Waals surface area (Å²) >= 11 is 0. The molecule has 182 valence electrons. The summed E-state index contributed by atoms with van der Waals surface area (Å²) < 4.78 is 13.7. The number of methoxy groups -OCH3 is 1. The second-order valence-corrected chi connectivity index (χ2v) is 9.38. The first kappa shape index (κ1) is 23.3. The number of phenols is 1. The lowest BCUT2D eigenvalue weighted by Gasteiger charge is -2.26. The number of phenolic OH excluding ortho intramolecular Hbond substituents is 1. The first-order valence-electron chi connectivity index (χ1n) is 12.5. The van der Waals surface area contributed by atoms with E-state index in [0.29, 0.717) is 0 Å². The number of ether oxygens (including phenoxy) is 2. The Hall–Kier alpha value is -3.44. The topological polar surface area (TPSA) is 46.9 Å². The van der Waals surface area contributed by atoms with Crippen LogP contribution in [0.4, 0.5) is 0 Å². The van der Waals surface area contributed by atoms with E-state index in [1.54, 1.807) is 13.2 Å². The summed E-state index contributed by atoms with van der Waals surface area (Å²) in [6.07, 6.45) is 3.97. The zero-order valence-electron chi connectivity index (χ0n) is 20.7. The highest BCUT2D eigenvalue weighted by atomic mass is 16.5. The van der Waals surface area contributed by atoms with Crippen molar-refractivity contribution in [2.24, 2.45) is 0 Å². The van der Waals surface area contributed by atoms with Crippen molar-refractivity contribution >= 4 is 10.9 Å². The van der Waals surface area contributed by atoms with Gasteiger partial charge in [-0.1, -0.05) is 18.6 Å². The lowest BCUT2D eigenvalue weighted by Crippen LogP contribution is -2.33. The summed E-state index contributed by atoms with van der Waals surface area (Å²) in [6.45, 7) is 6.96. The van der Waals surface area contributed by atoms with E-state index in [-0.39, 0.29) is 5.75 Å². The maximum Gasteiger partial charge on any atom is 0.119 e.